The summed E-state index contributed by atoms with van der Waals surface area (Å²) in [5.41, 5.74) is 0.842. The molecule has 7 heteroatoms. The lowest BCUT2D eigenvalue weighted by Gasteiger charge is -2.05. The van der Waals surface area contributed by atoms with E-state index in [2.05, 4.69) is 15.6 Å². The summed E-state index contributed by atoms with van der Waals surface area (Å²) in [6, 6.07) is 5.44. The second-order valence-electron chi connectivity index (χ2n) is 4.00. The van der Waals surface area contributed by atoms with Gasteiger partial charge in [-0.3, -0.25) is 9.78 Å². The van der Waals surface area contributed by atoms with E-state index in [-0.39, 0.29) is 18.8 Å². The summed E-state index contributed by atoms with van der Waals surface area (Å²) in [6.07, 6.45) is 4.64. The number of aliphatic hydroxyl groups excluding tert-OH is 1. The van der Waals surface area contributed by atoms with Crippen LogP contribution >= 0.6 is 0 Å². The first-order chi connectivity index (χ1) is 10.3. The Kier molecular flexibility index (Phi) is 8.21. The van der Waals surface area contributed by atoms with Gasteiger partial charge in [0.1, 0.15) is 11.6 Å². The number of ether oxygens (including phenoxy) is 1. The zero-order valence-corrected chi connectivity index (χ0v) is 11.6. The van der Waals surface area contributed by atoms with Crippen molar-refractivity contribution in [3.05, 3.63) is 41.9 Å². The third kappa shape index (κ3) is 7.06. The average Bonchev–Trinajstić information content (AvgIpc) is 2.53. The topological polar surface area (TPSA) is 107 Å². The van der Waals surface area contributed by atoms with Gasteiger partial charge in [0.05, 0.1) is 19.8 Å². The molecular formula is C14H18N4O3. The van der Waals surface area contributed by atoms with E-state index >= 15 is 0 Å². The lowest BCUT2D eigenvalue weighted by molar-refractivity contribution is -0.117. The molecule has 0 saturated heterocycles. The molecule has 0 radical (unpaired) electrons. The van der Waals surface area contributed by atoms with Crippen molar-refractivity contribution in [2.75, 3.05) is 26.4 Å². The highest BCUT2D eigenvalue weighted by Gasteiger charge is 2.07. The summed E-state index contributed by atoms with van der Waals surface area (Å²) >= 11 is 0. The lowest BCUT2D eigenvalue weighted by atomic mass is 10.2. The molecule has 7 nitrogen and oxygen atoms in total. The van der Waals surface area contributed by atoms with Crippen LogP contribution in [0.3, 0.4) is 0 Å². The maximum Gasteiger partial charge on any atom is 0.263 e. The normalized spacial score (nSPS) is 10.8. The molecule has 0 spiro atoms. The molecule has 1 aromatic heterocycles. The van der Waals surface area contributed by atoms with Gasteiger partial charge in [-0.05, 0) is 11.6 Å². The Morgan fingerprint density at radius 2 is 2.38 bits per heavy atom. The molecule has 0 aromatic carbocycles. The molecule has 3 N–H and O–H groups in total. The van der Waals surface area contributed by atoms with Crippen LogP contribution in [0.25, 0.3) is 0 Å². The number of amides is 1. The van der Waals surface area contributed by atoms with Crippen LogP contribution in [0.1, 0.15) is 5.56 Å². The van der Waals surface area contributed by atoms with Crippen molar-refractivity contribution in [1.82, 2.24) is 15.6 Å². The maximum atomic E-state index is 11.8. The van der Waals surface area contributed by atoms with Crippen molar-refractivity contribution in [1.29, 1.82) is 5.26 Å². The van der Waals surface area contributed by atoms with E-state index in [1.807, 2.05) is 12.1 Å². The van der Waals surface area contributed by atoms with Gasteiger partial charge in [0, 0.05) is 31.7 Å². The highest BCUT2D eigenvalue weighted by molar-refractivity contribution is 5.97. The first kappa shape index (κ1) is 16.6. The van der Waals surface area contributed by atoms with Crippen molar-refractivity contribution in [2.24, 2.45) is 0 Å². The molecule has 0 fully saturated rings. The number of aliphatic hydroxyl groups is 1. The van der Waals surface area contributed by atoms with Gasteiger partial charge in [-0.15, -0.1) is 0 Å². The Labute approximate surface area is 123 Å². The largest absolute Gasteiger partial charge is 0.394 e. The minimum Gasteiger partial charge on any atom is -0.394 e. The summed E-state index contributed by atoms with van der Waals surface area (Å²) in [4.78, 5) is 15.7. The van der Waals surface area contributed by atoms with Crippen LogP contribution in [0.4, 0.5) is 0 Å². The summed E-state index contributed by atoms with van der Waals surface area (Å²) in [7, 11) is 0. The Balaban J connectivity index is 2.33. The van der Waals surface area contributed by atoms with Gasteiger partial charge in [0.25, 0.3) is 5.91 Å². The molecule has 0 aliphatic rings. The minimum absolute atomic E-state index is 0.0129. The van der Waals surface area contributed by atoms with Crippen LogP contribution in [0.15, 0.2) is 36.3 Å². The zero-order valence-electron chi connectivity index (χ0n) is 11.6. The Morgan fingerprint density at radius 1 is 1.52 bits per heavy atom. The van der Waals surface area contributed by atoms with Crippen molar-refractivity contribution < 1.29 is 14.6 Å². The summed E-state index contributed by atoms with van der Waals surface area (Å²) in [5, 5.41) is 22.9. The Morgan fingerprint density at radius 3 is 3.05 bits per heavy atom. The number of nitriles is 1. The molecule has 1 heterocycles. The number of pyridine rings is 1. The van der Waals surface area contributed by atoms with E-state index in [0.29, 0.717) is 19.7 Å². The molecule has 1 aromatic rings. The van der Waals surface area contributed by atoms with Gasteiger partial charge in [-0.25, -0.2) is 0 Å². The quantitative estimate of drug-likeness (QED) is 0.327. The van der Waals surface area contributed by atoms with Gasteiger partial charge < -0.3 is 20.5 Å². The molecule has 0 aliphatic heterocycles. The Bertz CT molecular complexity index is 497. The Hall–Kier alpha value is -2.43. The van der Waals surface area contributed by atoms with Crippen LogP contribution in [-0.4, -0.2) is 42.4 Å². The van der Waals surface area contributed by atoms with Gasteiger partial charge in [-0.2, -0.15) is 5.26 Å². The van der Waals surface area contributed by atoms with Crippen molar-refractivity contribution >= 4 is 5.91 Å². The highest BCUT2D eigenvalue weighted by Crippen LogP contribution is 1.96. The van der Waals surface area contributed by atoms with E-state index in [1.54, 1.807) is 18.5 Å². The third-order valence-electron chi connectivity index (χ3n) is 2.41. The fourth-order valence-corrected chi connectivity index (χ4v) is 1.40. The number of nitrogens with zero attached hydrogens (tertiary/aromatic N) is 2. The van der Waals surface area contributed by atoms with E-state index in [1.165, 1.54) is 6.20 Å². The van der Waals surface area contributed by atoms with Crippen LogP contribution in [0.2, 0.25) is 0 Å². The van der Waals surface area contributed by atoms with Crippen molar-refractivity contribution in [3.8, 4) is 6.07 Å². The molecule has 1 amide bonds. The molecule has 1 rings (SSSR count). The summed E-state index contributed by atoms with van der Waals surface area (Å²) in [5.74, 6) is -0.454. The fourth-order valence-electron chi connectivity index (χ4n) is 1.40. The lowest BCUT2D eigenvalue weighted by Crippen LogP contribution is -2.25. The maximum absolute atomic E-state index is 11.8. The first-order valence-corrected chi connectivity index (χ1v) is 6.47. The molecule has 0 saturated carbocycles. The van der Waals surface area contributed by atoms with Crippen LogP contribution < -0.4 is 10.6 Å². The van der Waals surface area contributed by atoms with Crippen molar-refractivity contribution in [2.45, 2.75) is 6.54 Å². The number of carbonyl (C=O) groups is 1. The second kappa shape index (κ2) is 10.4. The minimum atomic E-state index is -0.454. The van der Waals surface area contributed by atoms with Crippen LogP contribution in [0, 0.1) is 11.3 Å². The molecule has 0 unspecified atom stereocenters. The van der Waals surface area contributed by atoms with Gasteiger partial charge >= 0.3 is 0 Å². The highest BCUT2D eigenvalue weighted by atomic mass is 16.5. The van der Waals surface area contributed by atoms with Crippen LogP contribution in [-0.2, 0) is 16.1 Å². The standard InChI is InChI=1S/C14H18N4O3/c15-8-13(11-17-4-6-21-7-5-19)14(20)18-10-12-2-1-3-16-9-12/h1-3,9,11,17,19H,4-7,10H2,(H,18,20)/b13-11-. The van der Waals surface area contributed by atoms with Gasteiger partial charge in [0.2, 0.25) is 0 Å². The van der Waals surface area contributed by atoms with E-state index in [4.69, 9.17) is 15.1 Å². The van der Waals surface area contributed by atoms with E-state index in [9.17, 15) is 4.79 Å². The SMILES string of the molecule is N#C/C(=C/NCCOCCO)C(=O)NCc1cccnc1. The van der Waals surface area contributed by atoms with Gasteiger partial charge in [0.15, 0.2) is 0 Å². The number of hydrogen-bond donors (Lipinski definition) is 3. The van der Waals surface area contributed by atoms with Crippen molar-refractivity contribution in [3.63, 3.8) is 0 Å². The van der Waals surface area contributed by atoms with E-state index < -0.39 is 5.91 Å². The number of carbonyl (C=O) groups excluding carboxylic acids is 1. The predicted octanol–water partition coefficient (Wildman–Crippen LogP) is -0.296. The molecule has 0 atom stereocenters. The number of nitrogens with one attached hydrogen (secondary N) is 2. The molecule has 0 bridgehead atoms. The molecule has 112 valence electrons. The number of aromatic nitrogens is 1. The first-order valence-electron chi connectivity index (χ1n) is 6.47. The van der Waals surface area contributed by atoms with Crippen LogP contribution in [0.5, 0.6) is 0 Å². The summed E-state index contributed by atoms with van der Waals surface area (Å²) < 4.78 is 5.03. The summed E-state index contributed by atoms with van der Waals surface area (Å²) in [6.45, 7) is 1.37. The number of rotatable bonds is 9. The number of hydrogen-bond acceptors (Lipinski definition) is 6. The smallest absolute Gasteiger partial charge is 0.263 e. The average molecular weight is 290 g/mol. The second-order valence-corrected chi connectivity index (χ2v) is 4.00. The molecule has 0 aliphatic carbocycles. The molecule has 21 heavy (non-hydrogen) atoms. The van der Waals surface area contributed by atoms with E-state index in [0.717, 1.165) is 5.56 Å². The fraction of sp³-hybridized carbons (Fsp3) is 0.357. The third-order valence-corrected chi connectivity index (χ3v) is 2.41. The molecular weight excluding hydrogens is 272 g/mol. The van der Waals surface area contributed by atoms with Gasteiger partial charge in [-0.1, -0.05) is 6.07 Å². The zero-order chi connectivity index (χ0) is 15.3. The monoisotopic (exact) mass is 290 g/mol. The predicted molar refractivity (Wildman–Crippen MR) is 75.7 cm³/mol.